The van der Waals surface area contributed by atoms with Crippen LogP contribution in [-0.2, 0) is 11.4 Å². The highest BCUT2D eigenvalue weighted by Crippen LogP contribution is 2.38. The highest BCUT2D eigenvalue weighted by Gasteiger charge is 2.36. The molecule has 0 saturated carbocycles. The standard InChI is InChI=1S/C28H22BrNO7S/c1-2-36-23-12-20(21(29)14-24(23)37-16-17-8-10-19(11-9-17)27(33)34)13-25-26(32)30(28(35)38-25)15-22(31)18-6-4-3-5-7-18/h3-14H,2,15-16H2,1H3,(H,33,34)/b25-13+. The quantitative estimate of drug-likeness (QED) is 0.223. The monoisotopic (exact) mass is 595 g/mol. The van der Waals surface area contributed by atoms with Crippen LogP contribution in [0, 0.1) is 0 Å². The lowest BCUT2D eigenvalue weighted by atomic mass is 10.1. The van der Waals surface area contributed by atoms with Crippen molar-refractivity contribution in [2.45, 2.75) is 13.5 Å². The molecule has 1 saturated heterocycles. The number of imide groups is 1. The van der Waals surface area contributed by atoms with Crippen LogP contribution in [0.3, 0.4) is 0 Å². The number of aromatic carboxylic acids is 1. The lowest BCUT2D eigenvalue weighted by molar-refractivity contribution is -0.122. The average molecular weight is 596 g/mol. The van der Waals surface area contributed by atoms with Gasteiger partial charge in [0.15, 0.2) is 17.3 Å². The number of hydrogen-bond acceptors (Lipinski definition) is 7. The van der Waals surface area contributed by atoms with Gasteiger partial charge in [0.05, 0.1) is 23.6 Å². The number of rotatable bonds is 10. The summed E-state index contributed by atoms with van der Waals surface area (Å²) in [6.45, 7) is 2.03. The molecule has 3 aromatic rings. The fraction of sp³-hybridized carbons (Fsp3) is 0.143. The van der Waals surface area contributed by atoms with Crippen LogP contribution < -0.4 is 9.47 Å². The Morgan fingerprint density at radius 1 is 0.974 bits per heavy atom. The second kappa shape index (κ2) is 12.1. The van der Waals surface area contributed by atoms with Crippen LogP contribution in [0.2, 0.25) is 0 Å². The summed E-state index contributed by atoms with van der Waals surface area (Å²) in [5.41, 5.74) is 1.97. The second-order valence-electron chi connectivity index (χ2n) is 8.10. The zero-order valence-electron chi connectivity index (χ0n) is 20.2. The van der Waals surface area contributed by atoms with Gasteiger partial charge in [-0.25, -0.2) is 4.79 Å². The molecule has 0 aromatic heterocycles. The molecule has 0 unspecified atom stereocenters. The van der Waals surface area contributed by atoms with Gasteiger partial charge in [0.25, 0.3) is 11.1 Å². The molecule has 1 aliphatic heterocycles. The summed E-state index contributed by atoms with van der Waals surface area (Å²) in [4.78, 5) is 50.2. The van der Waals surface area contributed by atoms with Crippen LogP contribution in [0.25, 0.3) is 6.08 Å². The van der Waals surface area contributed by atoms with Gasteiger partial charge in [0.1, 0.15) is 6.61 Å². The third kappa shape index (κ3) is 6.32. The van der Waals surface area contributed by atoms with E-state index < -0.39 is 17.1 Å². The number of thioether (sulfide) groups is 1. The van der Waals surface area contributed by atoms with E-state index in [-0.39, 0.29) is 29.4 Å². The number of carbonyl (C=O) groups is 4. The third-order valence-electron chi connectivity index (χ3n) is 5.52. The fourth-order valence-electron chi connectivity index (χ4n) is 3.58. The molecule has 10 heteroatoms. The van der Waals surface area contributed by atoms with Gasteiger partial charge < -0.3 is 14.6 Å². The molecule has 0 aliphatic carbocycles. The predicted molar refractivity (Wildman–Crippen MR) is 146 cm³/mol. The van der Waals surface area contributed by atoms with E-state index in [1.165, 1.54) is 12.1 Å². The highest BCUT2D eigenvalue weighted by molar-refractivity contribution is 9.10. The number of carboxylic acid groups (broad SMARTS) is 1. The first-order valence-electron chi connectivity index (χ1n) is 11.5. The van der Waals surface area contributed by atoms with Crippen molar-refractivity contribution < 1.29 is 33.8 Å². The van der Waals surface area contributed by atoms with E-state index in [4.69, 9.17) is 14.6 Å². The number of ether oxygens (including phenoxy) is 2. The summed E-state index contributed by atoms with van der Waals surface area (Å²) < 4.78 is 12.3. The van der Waals surface area contributed by atoms with E-state index in [0.717, 1.165) is 22.2 Å². The topological polar surface area (TPSA) is 110 Å². The van der Waals surface area contributed by atoms with Crippen molar-refractivity contribution in [2.24, 2.45) is 0 Å². The first-order valence-corrected chi connectivity index (χ1v) is 13.1. The Balaban J connectivity index is 1.52. The van der Waals surface area contributed by atoms with Gasteiger partial charge in [-0.2, -0.15) is 0 Å². The maximum absolute atomic E-state index is 13.0. The molecular formula is C28H22BrNO7S. The van der Waals surface area contributed by atoms with Crippen molar-refractivity contribution in [3.8, 4) is 11.5 Å². The molecule has 8 nitrogen and oxygen atoms in total. The number of amides is 2. The van der Waals surface area contributed by atoms with E-state index >= 15 is 0 Å². The van der Waals surface area contributed by atoms with Crippen LogP contribution in [-0.4, -0.2) is 46.1 Å². The molecule has 1 fully saturated rings. The third-order valence-corrected chi connectivity index (χ3v) is 7.11. The number of carbonyl (C=O) groups excluding carboxylic acids is 3. The molecule has 38 heavy (non-hydrogen) atoms. The summed E-state index contributed by atoms with van der Waals surface area (Å²) in [5, 5.41) is 8.54. The smallest absolute Gasteiger partial charge is 0.335 e. The normalized spacial score (nSPS) is 14.2. The molecule has 194 valence electrons. The molecule has 2 amide bonds. The van der Waals surface area contributed by atoms with Gasteiger partial charge in [0, 0.05) is 10.0 Å². The molecule has 4 rings (SSSR count). The Labute approximate surface area is 231 Å². The first-order chi connectivity index (χ1) is 18.3. The lowest BCUT2D eigenvalue weighted by Crippen LogP contribution is -2.33. The van der Waals surface area contributed by atoms with Crippen molar-refractivity contribution in [3.05, 3.63) is 98.4 Å². The Morgan fingerprint density at radius 3 is 2.32 bits per heavy atom. The maximum Gasteiger partial charge on any atom is 0.335 e. The molecule has 1 heterocycles. The molecule has 1 N–H and O–H groups in total. The van der Waals surface area contributed by atoms with Crippen molar-refractivity contribution in [3.63, 3.8) is 0 Å². The largest absolute Gasteiger partial charge is 0.490 e. The van der Waals surface area contributed by atoms with Crippen LogP contribution in [0.5, 0.6) is 11.5 Å². The zero-order chi connectivity index (χ0) is 27.2. The van der Waals surface area contributed by atoms with Crippen LogP contribution in [0.15, 0.2) is 76.1 Å². The molecule has 0 bridgehead atoms. The number of carboxylic acids is 1. The van der Waals surface area contributed by atoms with Crippen molar-refractivity contribution in [1.82, 2.24) is 4.90 Å². The molecule has 0 radical (unpaired) electrons. The van der Waals surface area contributed by atoms with Crippen LogP contribution in [0.4, 0.5) is 4.79 Å². The lowest BCUT2D eigenvalue weighted by Gasteiger charge is -2.14. The van der Waals surface area contributed by atoms with Crippen molar-refractivity contribution in [1.29, 1.82) is 0 Å². The second-order valence-corrected chi connectivity index (χ2v) is 9.95. The van der Waals surface area contributed by atoms with Gasteiger partial charge >= 0.3 is 5.97 Å². The van der Waals surface area contributed by atoms with Crippen LogP contribution >= 0.6 is 27.7 Å². The molecule has 3 aromatic carbocycles. The molecule has 1 aliphatic rings. The van der Waals surface area contributed by atoms with Gasteiger partial charge in [-0.05, 0) is 60.2 Å². The summed E-state index contributed by atoms with van der Waals surface area (Å²) in [6.07, 6.45) is 1.57. The Hall–Kier alpha value is -3.89. The minimum atomic E-state index is -1.00. The Bertz CT molecular complexity index is 1420. The van der Waals surface area contributed by atoms with Crippen molar-refractivity contribution in [2.75, 3.05) is 13.2 Å². The van der Waals surface area contributed by atoms with Gasteiger partial charge in [-0.3, -0.25) is 19.3 Å². The van der Waals surface area contributed by atoms with E-state index in [1.807, 2.05) is 6.92 Å². The Morgan fingerprint density at radius 2 is 1.66 bits per heavy atom. The van der Waals surface area contributed by atoms with Crippen molar-refractivity contribution >= 4 is 56.7 Å². The Kier molecular flexibility index (Phi) is 8.65. The highest BCUT2D eigenvalue weighted by atomic mass is 79.9. The molecular weight excluding hydrogens is 574 g/mol. The summed E-state index contributed by atoms with van der Waals surface area (Å²) in [7, 11) is 0. The fourth-order valence-corrected chi connectivity index (χ4v) is 4.85. The minimum absolute atomic E-state index is 0.181. The molecule has 0 spiro atoms. The molecule has 0 atom stereocenters. The van der Waals surface area contributed by atoms with E-state index in [1.54, 1.807) is 60.7 Å². The maximum atomic E-state index is 13.0. The van der Waals surface area contributed by atoms with E-state index in [9.17, 15) is 19.2 Å². The number of Topliss-reactive ketones (excluding diaryl/α,β-unsaturated/α-hetero) is 1. The summed E-state index contributed by atoms with van der Waals surface area (Å²) in [5.74, 6) is -0.995. The van der Waals surface area contributed by atoms with Crippen LogP contribution in [0.1, 0.15) is 38.8 Å². The minimum Gasteiger partial charge on any atom is -0.490 e. The van der Waals surface area contributed by atoms with E-state index in [2.05, 4.69) is 15.9 Å². The average Bonchev–Trinajstić information content (AvgIpc) is 3.17. The summed E-state index contributed by atoms with van der Waals surface area (Å²) in [6, 6.07) is 18.2. The van der Waals surface area contributed by atoms with E-state index in [0.29, 0.717) is 33.7 Å². The predicted octanol–water partition coefficient (Wildman–Crippen LogP) is 6.04. The van der Waals surface area contributed by atoms with Gasteiger partial charge in [-0.1, -0.05) is 58.4 Å². The number of halogens is 1. The number of nitrogens with zero attached hydrogens (tertiary/aromatic N) is 1. The number of ketones is 1. The van der Waals surface area contributed by atoms with Gasteiger partial charge in [0.2, 0.25) is 0 Å². The zero-order valence-corrected chi connectivity index (χ0v) is 22.6. The summed E-state index contributed by atoms with van der Waals surface area (Å²) >= 11 is 4.26. The van der Waals surface area contributed by atoms with Gasteiger partial charge in [-0.15, -0.1) is 0 Å². The SMILES string of the molecule is CCOc1cc(/C=C2/SC(=O)N(CC(=O)c3ccccc3)C2=O)c(Br)cc1OCc1ccc(C(=O)O)cc1. The number of benzene rings is 3. The first kappa shape index (κ1) is 27.2. The number of hydrogen-bond donors (Lipinski definition) is 1.